The van der Waals surface area contributed by atoms with Crippen LogP contribution in [-0.4, -0.2) is 0 Å². The zero-order chi connectivity index (χ0) is 14.9. The molecule has 0 atom stereocenters. The molecule has 2 rings (SSSR count). The maximum atomic E-state index is 5.91. The van der Waals surface area contributed by atoms with Gasteiger partial charge in [0.05, 0.1) is 13.2 Å². The summed E-state index contributed by atoms with van der Waals surface area (Å²) in [5, 5.41) is 0. The van der Waals surface area contributed by atoms with E-state index in [2.05, 4.69) is 61.7 Å². The van der Waals surface area contributed by atoms with Crippen molar-refractivity contribution in [2.45, 2.75) is 26.1 Å². The molecule has 0 amide bonds. The predicted molar refractivity (Wildman–Crippen MR) is 89.2 cm³/mol. The number of rotatable bonds is 8. The van der Waals surface area contributed by atoms with Crippen LogP contribution in [0.2, 0.25) is 0 Å². The quantitative estimate of drug-likeness (QED) is 0.627. The van der Waals surface area contributed by atoms with Gasteiger partial charge in [0.2, 0.25) is 0 Å². The van der Waals surface area contributed by atoms with Gasteiger partial charge >= 0.3 is 0 Å². The van der Waals surface area contributed by atoms with E-state index in [1.807, 2.05) is 12.2 Å². The average Bonchev–Trinajstić information content (AvgIpc) is 2.51. The first-order valence-corrected chi connectivity index (χ1v) is 7.28. The van der Waals surface area contributed by atoms with Gasteiger partial charge in [-0.2, -0.15) is 0 Å². The van der Waals surface area contributed by atoms with Gasteiger partial charge in [-0.25, -0.2) is 0 Å². The summed E-state index contributed by atoms with van der Waals surface area (Å²) in [5.74, 6) is 0. The molecule has 21 heavy (non-hydrogen) atoms. The first-order chi connectivity index (χ1) is 10.3. The Morgan fingerprint density at radius 1 is 0.667 bits per heavy atom. The Morgan fingerprint density at radius 3 is 1.43 bits per heavy atom. The van der Waals surface area contributed by atoms with E-state index in [1.165, 1.54) is 22.3 Å². The van der Waals surface area contributed by atoms with Crippen molar-refractivity contribution < 1.29 is 4.74 Å². The molecule has 0 aliphatic rings. The van der Waals surface area contributed by atoms with Crippen LogP contribution in [0, 0.1) is 0 Å². The molecule has 0 spiro atoms. The Kier molecular flexibility index (Phi) is 5.99. The molecule has 0 unspecified atom stereocenters. The normalized spacial score (nSPS) is 10.3. The van der Waals surface area contributed by atoms with Gasteiger partial charge < -0.3 is 4.74 Å². The van der Waals surface area contributed by atoms with Gasteiger partial charge in [0.1, 0.15) is 0 Å². The van der Waals surface area contributed by atoms with Crippen LogP contribution in [0.1, 0.15) is 22.3 Å². The summed E-state index contributed by atoms with van der Waals surface area (Å²) in [6.45, 7) is 8.88. The molecule has 0 fully saturated rings. The lowest BCUT2D eigenvalue weighted by atomic mass is 10.0. The zero-order valence-electron chi connectivity index (χ0n) is 12.4. The maximum absolute atomic E-state index is 5.91. The molecule has 2 aromatic rings. The van der Waals surface area contributed by atoms with Crippen molar-refractivity contribution in [2.75, 3.05) is 0 Å². The van der Waals surface area contributed by atoms with Crippen LogP contribution in [0.15, 0.2) is 73.8 Å². The summed E-state index contributed by atoms with van der Waals surface area (Å²) in [4.78, 5) is 0. The van der Waals surface area contributed by atoms with Crippen molar-refractivity contribution in [3.63, 3.8) is 0 Å². The van der Waals surface area contributed by atoms with Gasteiger partial charge in [-0.15, -0.1) is 13.2 Å². The summed E-state index contributed by atoms with van der Waals surface area (Å²) in [5.41, 5.74) is 5.04. The van der Waals surface area contributed by atoms with E-state index in [9.17, 15) is 0 Å². The smallest absolute Gasteiger partial charge is 0.0724 e. The molecule has 1 nitrogen and oxygen atoms in total. The lowest BCUT2D eigenvalue weighted by Gasteiger charge is -2.11. The summed E-state index contributed by atoms with van der Waals surface area (Å²) in [6, 6.07) is 16.7. The highest BCUT2D eigenvalue weighted by Gasteiger charge is 2.03. The summed E-state index contributed by atoms with van der Waals surface area (Å²) in [7, 11) is 0. The van der Waals surface area contributed by atoms with Gasteiger partial charge in [0.15, 0.2) is 0 Å². The molecular weight excluding hydrogens is 256 g/mol. The van der Waals surface area contributed by atoms with Crippen LogP contribution in [-0.2, 0) is 30.8 Å². The van der Waals surface area contributed by atoms with E-state index in [1.54, 1.807) is 0 Å². The molecule has 0 radical (unpaired) electrons. The van der Waals surface area contributed by atoms with Crippen LogP contribution in [0.4, 0.5) is 0 Å². The van der Waals surface area contributed by atoms with Crippen molar-refractivity contribution in [1.82, 2.24) is 0 Å². The molecule has 0 N–H and O–H groups in total. The van der Waals surface area contributed by atoms with Crippen molar-refractivity contribution in [3.8, 4) is 0 Å². The number of allylic oxidation sites excluding steroid dienone is 2. The molecule has 0 saturated heterocycles. The molecule has 108 valence electrons. The molecule has 0 heterocycles. The van der Waals surface area contributed by atoms with Crippen LogP contribution < -0.4 is 0 Å². The average molecular weight is 278 g/mol. The second kappa shape index (κ2) is 8.23. The predicted octanol–water partition coefficient (Wildman–Crippen LogP) is 4.86. The van der Waals surface area contributed by atoms with Crippen molar-refractivity contribution in [1.29, 1.82) is 0 Å². The van der Waals surface area contributed by atoms with Gasteiger partial charge in [-0.3, -0.25) is 0 Å². The largest absolute Gasteiger partial charge is 0.372 e. The minimum atomic E-state index is 0.631. The van der Waals surface area contributed by atoms with E-state index < -0.39 is 0 Å². The third-order valence-corrected chi connectivity index (χ3v) is 3.48. The highest BCUT2D eigenvalue weighted by molar-refractivity contribution is 5.29. The standard InChI is InChI=1S/C20H22O/c1-3-9-17-11-5-7-13-19(17)15-21-16-20-14-8-6-12-18(20)10-4-2/h3-8,11-14H,1-2,9-10,15-16H2. The van der Waals surface area contributed by atoms with E-state index in [4.69, 9.17) is 4.74 Å². The maximum Gasteiger partial charge on any atom is 0.0724 e. The molecule has 0 saturated carbocycles. The van der Waals surface area contributed by atoms with E-state index in [-0.39, 0.29) is 0 Å². The van der Waals surface area contributed by atoms with Gasteiger partial charge in [0.25, 0.3) is 0 Å². The molecule has 0 aliphatic heterocycles. The fourth-order valence-electron chi connectivity index (χ4n) is 2.38. The zero-order valence-corrected chi connectivity index (χ0v) is 12.4. The SMILES string of the molecule is C=CCc1ccccc1COCc1ccccc1CC=C. The number of benzene rings is 2. The summed E-state index contributed by atoms with van der Waals surface area (Å²) in [6.07, 6.45) is 5.62. The van der Waals surface area contributed by atoms with E-state index in [0.717, 1.165) is 12.8 Å². The highest BCUT2D eigenvalue weighted by atomic mass is 16.5. The topological polar surface area (TPSA) is 9.23 Å². The van der Waals surface area contributed by atoms with Crippen molar-refractivity contribution in [3.05, 3.63) is 96.1 Å². The van der Waals surface area contributed by atoms with Crippen LogP contribution >= 0.6 is 0 Å². The van der Waals surface area contributed by atoms with E-state index >= 15 is 0 Å². The fourth-order valence-corrected chi connectivity index (χ4v) is 2.38. The Hall–Kier alpha value is -2.12. The molecule has 0 aromatic heterocycles. The fraction of sp³-hybridized carbons (Fsp3) is 0.200. The lowest BCUT2D eigenvalue weighted by molar-refractivity contribution is 0.106. The monoisotopic (exact) mass is 278 g/mol. The van der Waals surface area contributed by atoms with Gasteiger partial charge in [-0.05, 0) is 35.1 Å². The Balaban J connectivity index is 1.98. The third-order valence-electron chi connectivity index (χ3n) is 3.48. The Labute approximate surface area is 127 Å². The van der Waals surface area contributed by atoms with Gasteiger partial charge in [-0.1, -0.05) is 60.7 Å². The minimum absolute atomic E-state index is 0.631. The number of hydrogen-bond donors (Lipinski definition) is 0. The molecule has 0 aliphatic carbocycles. The summed E-state index contributed by atoms with van der Waals surface area (Å²) < 4.78 is 5.91. The van der Waals surface area contributed by atoms with E-state index in [0.29, 0.717) is 13.2 Å². The molecule has 0 bridgehead atoms. The van der Waals surface area contributed by atoms with Crippen molar-refractivity contribution in [2.24, 2.45) is 0 Å². The second-order valence-electron chi connectivity index (χ2n) is 5.02. The number of hydrogen-bond acceptors (Lipinski definition) is 1. The van der Waals surface area contributed by atoms with Crippen LogP contribution in [0.5, 0.6) is 0 Å². The number of ether oxygens (including phenoxy) is 1. The first kappa shape index (κ1) is 15.3. The van der Waals surface area contributed by atoms with Crippen molar-refractivity contribution >= 4 is 0 Å². The molecule has 2 aromatic carbocycles. The third kappa shape index (κ3) is 4.44. The summed E-state index contributed by atoms with van der Waals surface area (Å²) >= 11 is 0. The molecule has 1 heteroatoms. The van der Waals surface area contributed by atoms with Crippen LogP contribution in [0.3, 0.4) is 0 Å². The highest BCUT2D eigenvalue weighted by Crippen LogP contribution is 2.15. The first-order valence-electron chi connectivity index (χ1n) is 7.28. The Bertz CT molecular complexity index is 545. The minimum Gasteiger partial charge on any atom is -0.372 e. The Morgan fingerprint density at radius 2 is 1.05 bits per heavy atom. The van der Waals surface area contributed by atoms with Gasteiger partial charge in [0, 0.05) is 0 Å². The second-order valence-corrected chi connectivity index (χ2v) is 5.02. The lowest BCUT2D eigenvalue weighted by Crippen LogP contribution is -2.00. The molecular formula is C20H22O. The van der Waals surface area contributed by atoms with Crippen LogP contribution in [0.25, 0.3) is 0 Å².